The van der Waals surface area contributed by atoms with E-state index in [1.807, 2.05) is 24.4 Å². The topological polar surface area (TPSA) is 41.9 Å². The Kier molecular flexibility index (Phi) is 4.69. The molecule has 5 heteroatoms. The molecule has 138 valence electrons. The van der Waals surface area contributed by atoms with Crippen molar-refractivity contribution in [2.45, 2.75) is 19.5 Å². The maximum absolute atomic E-state index is 4.85. The molecule has 0 radical (unpaired) electrons. The number of hydrogen-bond acceptors (Lipinski definition) is 5. The lowest BCUT2D eigenvalue weighted by molar-refractivity contribution is 0.240. The fourth-order valence-electron chi connectivity index (χ4n) is 3.60. The van der Waals surface area contributed by atoms with Crippen molar-refractivity contribution in [3.63, 3.8) is 0 Å². The van der Waals surface area contributed by atoms with Crippen molar-refractivity contribution in [1.29, 1.82) is 0 Å². The monoisotopic (exact) mass is 384 g/mol. The molecule has 5 rings (SSSR count). The van der Waals surface area contributed by atoms with Crippen LogP contribution in [0.5, 0.6) is 0 Å². The van der Waals surface area contributed by atoms with E-state index in [4.69, 9.17) is 9.97 Å². The Morgan fingerprint density at radius 3 is 2.71 bits per heavy atom. The maximum Gasteiger partial charge on any atom is 0.159 e. The van der Waals surface area contributed by atoms with Crippen molar-refractivity contribution in [2.24, 2.45) is 0 Å². The Morgan fingerprint density at radius 1 is 0.929 bits per heavy atom. The minimum Gasteiger partial charge on any atom is -0.293 e. The molecule has 0 saturated carbocycles. The number of fused-ring (bicyclic) bond motifs is 1. The molecule has 28 heavy (non-hydrogen) atoms. The first-order valence-corrected chi connectivity index (χ1v) is 10.4. The fourth-order valence-corrected chi connectivity index (χ4v) is 4.25. The summed E-state index contributed by atoms with van der Waals surface area (Å²) in [7, 11) is 0. The van der Waals surface area contributed by atoms with Crippen molar-refractivity contribution in [3.05, 3.63) is 88.5 Å². The molecule has 1 aliphatic heterocycles. The second-order valence-corrected chi connectivity index (χ2v) is 7.80. The molecule has 0 spiro atoms. The number of nitrogens with zero attached hydrogens (tertiary/aromatic N) is 4. The lowest BCUT2D eigenvalue weighted by atomic mass is 10.1. The summed E-state index contributed by atoms with van der Waals surface area (Å²) in [6.45, 7) is 2.70. The van der Waals surface area contributed by atoms with Crippen molar-refractivity contribution in [2.75, 3.05) is 6.54 Å². The summed E-state index contributed by atoms with van der Waals surface area (Å²) in [5, 5.41) is 4.24. The highest BCUT2D eigenvalue weighted by atomic mass is 32.1. The fraction of sp³-hybridized carbons (Fsp3) is 0.174. The van der Waals surface area contributed by atoms with Crippen molar-refractivity contribution in [1.82, 2.24) is 19.9 Å². The van der Waals surface area contributed by atoms with E-state index in [0.717, 1.165) is 48.8 Å². The summed E-state index contributed by atoms with van der Waals surface area (Å²) < 4.78 is 0. The van der Waals surface area contributed by atoms with E-state index in [9.17, 15) is 0 Å². The highest BCUT2D eigenvalue weighted by molar-refractivity contribution is 7.08. The maximum atomic E-state index is 4.85. The Labute approximate surface area is 168 Å². The van der Waals surface area contributed by atoms with Gasteiger partial charge >= 0.3 is 0 Å². The lowest BCUT2D eigenvalue weighted by Crippen LogP contribution is -2.31. The van der Waals surface area contributed by atoms with Crippen LogP contribution in [0.25, 0.3) is 22.6 Å². The number of thiophene rings is 1. The smallest absolute Gasteiger partial charge is 0.159 e. The Hall–Kier alpha value is -2.89. The molecule has 3 aromatic heterocycles. The molecular weight excluding hydrogens is 364 g/mol. The first-order valence-electron chi connectivity index (χ1n) is 9.46. The highest BCUT2D eigenvalue weighted by Crippen LogP contribution is 2.23. The van der Waals surface area contributed by atoms with Crippen molar-refractivity contribution >= 4 is 11.3 Å². The molecule has 4 aromatic rings. The van der Waals surface area contributed by atoms with Crippen molar-refractivity contribution in [3.8, 4) is 22.6 Å². The van der Waals surface area contributed by atoms with E-state index < -0.39 is 0 Å². The quantitative estimate of drug-likeness (QED) is 0.506. The van der Waals surface area contributed by atoms with E-state index in [-0.39, 0.29) is 0 Å². The van der Waals surface area contributed by atoms with Gasteiger partial charge in [-0.15, -0.1) is 0 Å². The SMILES string of the molecule is c1ccc(-c2ncc3c(n2)CCN(Cc2cccc(-c4ccsc4)n2)C3)cc1. The first-order chi connectivity index (χ1) is 13.8. The first kappa shape index (κ1) is 17.2. The Morgan fingerprint density at radius 2 is 1.86 bits per heavy atom. The normalized spacial score (nSPS) is 14.0. The van der Waals surface area contributed by atoms with Crippen molar-refractivity contribution < 1.29 is 0 Å². The third-order valence-corrected chi connectivity index (χ3v) is 5.74. The van der Waals surface area contributed by atoms with E-state index in [0.29, 0.717) is 0 Å². The van der Waals surface area contributed by atoms with Gasteiger partial charge in [0.2, 0.25) is 0 Å². The molecule has 1 aromatic carbocycles. The molecule has 0 unspecified atom stereocenters. The van der Waals surface area contributed by atoms with Gasteiger partial charge in [0, 0.05) is 54.3 Å². The predicted octanol–water partition coefficient (Wildman–Crippen LogP) is 4.83. The van der Waals surface area contributed by atoms with Gasteiger partial charge in [-0.25, -0.2) is 9.97 Å². The molecule has 0 N–H and O–H groups in total. The van der Waals surface area contributed by atoms with E-state index >= 15 is 0 Å². The predicted molar refractivity (Wildman–Crippen MR) is 113 cm³/mol. The van der Waals surface area contributed by atoms with E-state index in [2.05, 4.69) is 57.0 Å². The van der Waals surface area contributed by atoms with Gasteiger partial charge in [0.05, 0.1) is 17.1 Å². The van der Waals surface area contributed by atoms with Gasteiger partial charge in [-0.1, -0.05) is 36.4 Å². The number of aromatic nitrogens is 3. The number of benzene rings is 1. The average Bonchev–Trinajstić information content (AvgIpc) is 3.29. The third-order valence-electron chi connectivity index (χ3n) is 5.05. The van der Waals surface area contributed by atoms with Crippen LogP contribution in [0.15, 0.2) is 71.6 Å². The lowest BCUT2D eigenvalue weighted by Gasteiger charge is -2.27. The largest absolute Gasteiger partial charge is 0.293 e. The molecule has 0 aliphatic carbocycles. The van der Waals surface area contributed by atoms with Crippen LogP contribution in [0, 0.1) is 0 Å². The van der Waals surface area contributed by atoms with Crippen LogP contribution < -0.4 is 0 Å². The Bertz CT molecular complexity index is 1080. The zero-order valence-electron chi connectivity index (χ0n) is 15.5. The molecule has 0 amide bonds. The molecule has 0 atom stereocenters. The number of pyridine rings is 1. The van der Waals surface area contributed by atoms with Gasteiger partial charge in [0.1, 0.15) is 0 Å². The van der Waals surface area contributed by atoms with Gasteiger partial charge in [-0.3, -0.25) is 9.88 Å². The van der Waals surface area contributed by atoms with Gasteiger partial charge in [-0.2, -0.15) is 11.3 Å². The highest BCUT2D eigenvalue weighted by Gasteiger charge is 2.19. The summed E-state index contributed by atoms with van der Waals surface area (Å²) >= 11 is 1.70. The summed E-state index contributed by atoms with van der Waals surface area (Å²) in [5.41, 5.74) is 6.81. The standard InChI is InChI=1S/C23H20N4S/c1-2-5-17(6-3-1)23-24-13-19-14-27(11-9-22(19)26-23)15-20-7-4-8-21(25-20)18-10-12-28-16-18/h1-8,10,12-13,16H,9,11,14-15H2. The van der Waals surface area contributed by atoms with Crippen LogP contribution in [-0.4, -0.2) is 26.4 Å². The number of rotatable bonds is 4. The summed E-state index contributed by atoms with van der Waals surface area (Å²) in [4.78, 5) is 16.7. The molecule has 0 bridgehead atoms. The van der Waals surface area contributed by atoms with Gasteiger partial charge in [0.25, 0.3) is 0 Å². The third kappa shape index (κ3) is 3.59. The van der Waals surface area contributed by atoms with Gasteiger partial charge in [0.15, 0.2) is 5.82 Å². The van der Waals surface area contributed by atoms with Crippen LogP contribution in [-0.2, 0) is 19.5 Å². The summed E-state index contributed by atoms with van der Waals surface area (Å²) in [6.07, 6.45) is 2.94. The zero-order valence-corrected chi connectivity index (χ0v) is 16.3. The molecular formula is C23H20N4S. The van der Waals surface area contributed by atoms with Crippen LogP contribution in [0.1, 0.15) is 17.0 Å². The van der Waals surface area contributed by atoms with Crippen LogP contribution in [0.2, 0.25) is 0 Å². The molecule has 0 saturated heterocycles. The van der Waals surface area contributed by atoms with Crippen LogP contribution >= 0.6 is 11.3 Å². The minimum absolute atomic E-state index is 0.818. The average molecular weight is 385 g/mol. The number of hydrogen-bond donors (Lipinski definition) is 0. The van der Waals surface area contributed by atoms with E-state index in [1.54, 1.807) is 11.3 Å². The second kappa shape index (κ2) is 7.62. The second-order valence-electron chi connectivity index (χ2n) is 7.02. The zero-order chi connectivity index (χ0) is 18.8. The summed E-state index contributed by atoms with van der Waals surface area (Å²) in [6, 6.07) is 18.6. The Balaban J connectivity index is 1.32. The molecule has 4 nitrogen and oxygen atoms in total. The summed E-state index contributed by atoms with van der Waals surface area (Å²) in [5.74, 6) is 0.818. The van der Waals surface area contributed by atoms with Crippen LogP contribution in [0.3, 0.4) is 0 Å². The van der Waals surface area contributed by atoms with E-state index in [1.165, 1.54) is 16.8 Å². The minimum atomic E-state index is 0.818. The van der Waals surface area contributed by atoms with Gasteiger partial charge < -0.3 is 0 Å². The van der Waals surface area contributed by atoms with Gasteiger partial charge in [-0.05, 0) is 23.6 Å². The molecule has 1 aliphatic rings. The van der Waals surface area contributed by atoms with Crippen LogP contribution in [0.4, 0.5) is 0 Å². The molecule has 0 fully saturated rings. The molecule has 4 heterocycles.